The van der Waals surface area contributed by atoms with Crippen LogP contribution in [0.4, 0.5) is 11.5 Å². The Morgan fingerprint density at radius 1 is 1.09 bits per heavy atom. The molecule has 1 saturated heterocycles. The zero-order valence-corrected chi connectivity index (χ0v) is 25.3. The normalized spacial score (nSPS) is 22.3. The van der Waals surface area contributed by atoms with Gasteiger partial charge in [-0.1, -0.05) is 49.4 Å². The average molecular weight is 580 g/mol. The predicted molar refractivity (Wildman–Crippen MR) is 170 cm³/mol. The van der Waals surface area contributed by atoms with Crippen LogP contribution in [0.1, 0.15) is 36.9 Å². The topological polar surface area (TPSA) is 69.4 Å². The number of carbonyl (C=O) groups excluding carboxylic acids is 1. The summed E-state index contributed by atoms with van der Waals surface area (Å²) in [6.45, 7) is 14.7. The molecule has 9 heteroatoms. The van der Waals surface area contributed by atoms with Gasteiger partial charge in [0.25, 0.3) is 0 Å². The van der Waals surface area contributed by atoms with Crippen molar-refractivity contribution in [2.24, 2.45) is 0 Å². The highest BCUT2D eigenvalue weighted by atomic mass is 16.5. The monoisotopic (exact) mass is 579 g/mol. The molecule has 0 N–H and O–H groups in total. The predicted octanol–water partition coefficient (Wildman–Crippen LogP) is 4.57. The van der Waals surface area contributed by atoms with Gasteiger partial charge in [0.05, 0.1) is 12.2 Å². The van der Waals surface area contributed by atoms with Gasteiger partial charge in [0.1, 0.15) is 18.0 Å². The first-order chi connectivity index (χ1) is 21.0. The minimum Gasteiger partial charge on any atom is -0.458 e. The van der Waals surface area contributed by atoms with E-state index in [1.165, 1.54) is 29.0 Å². The largest absolute Gasteiger partial charge is 0.458 e. The van der Waals surface area contributed by atoms with Crippen molar-refractivity contribution < 1.29 is 9.53 Å². The molecule has 2 aliphatic heterocycles. The van der Waals surface area contributed by atoms with Crippen molar-refractivity contribution >= 4 is 28.2 Å². The van der Waals surface area contributed by atoms with E-state index in [-0.39, 0.29) is 24.6 Å². The molecule has 3 heterocycles. The van der Waals surface area contributed by atoms with E-state index >= 15 is 0 Å². The third kappa shape index (κ3) is 5.89. The van der Waals surface area contributed by atoms with Crippen molar-refractivity contribution in [2.45, 2.75) is 56.8 Å². The second-order valence-corrected chi connectivity index (χ2v) is 12.1. The molecule has 2 fully saturated rings. The van der Waals surface area contributed by atoms with E-state index in [0.717, 1.165) is 49.3 Å². The van der Waals surface area contributed by atoms with Crippen LogP contribution in [0.2, 0.25) is 0 Å². The van der Waals surface area contributed by atoms with Crippen molar-refractivity contribution in [2.75, 3.05) is 56.6 Å². The summed E-state index contributed by atoms with van der Waals surface area (Å²) in [5.74, 6) is 0.759. The van der Waals surface area contributed by atoms with E-state index in [0.29, 0.717) is 38.2 Å². The summed E-state index contributed by atoms with van der Waals surface area (Å²) in [6.07, 6.45) is 6.60. The van der Waals surface area contributed by atoms with Crippen LogP contribution in [0.15, 0.2) is 55.1 Å². The third-order valence-electron chi connectivity index (χ3n) is 9.26. The van der Waals surface area contributed by atoms with Crippen LogP contribution in [0.3, 0.4) is 0 Å². The van der Waals surface area contributed by atoms with Crippen LogP contribution in [0.25, 0.3) is 15.6 Å². The molecule has 43 heavy (non-hydrogen) atoms. The molecule has 224 valence electrons. The summed E-state index contributed by atoms with van der Waals surface area (Å²) >= 11 is 0. The van der Waals surface area contributed by atoms with E-state index < -0.39 is 0 Å². The second kappa shape index (κ2) is 12.6. The number of likely N-dealkylation sites (N-methyl/N-ethyl adjacent to an activating group) is 1. The molecular weight excluding hydrogens is 538 g/mol. The first-order valence-corrected chi connectivity index (χ1v) is 15.4. The molecule has 1 amide bonds. The SMILES string of the molecule is [C-]#[N+]CC1CN(c2nc(O[C@H]3CCCC[C@@H]3N(C)C)nc3c2CCN(c2cccc4ccccc24)C3)CCN1C(=O)C=C. The van der Waals surface area contributed by atoms with Gasteiger partial charge in [-0.25, -0.2) is 6.57 Å². The first kappa shape index (κ1) is 28.9. The number of fused-ring (bicyclic) bond motifs is 2. The minimum atomic E-state index is -0.223. The van der Waals surface area contributed by atoms with Crippen molar-refractivity contribution in [3.05, 3.63) is 77.8 Å². The van der Waals surface area contributed by atoms with Gasteiger partial charge in [-0.3, -0.25) is 4.79 Å². The van der Waals surface area contributed by atoms with Crippen LogP contribution < -0.4 is 14.5 Å². The Morgan fingerprint density at radius 3 is 2.72 bits per heavy atom. The van der Waals surface area contributed by atoms with Crippen LogP contribution in [-0.2, 0) is 17.8 Å². The number of hydrogen-bond donors (Lipinski definition) is 0. The molecule has 1 aliphatic carbocycles. The maximum Gasteiger partial charge on any atom is 0.319 e. The van der Waals surface area contributed by atoms with Crippen molar-refractivity contribution in [3.8, 4) is 6.01 Å². The molecule has 1 saturated carbocycles. The van der Waals surface area contributed by atoms with Gasteiger partial charge in [0.2, 0.25) is 12.5 Å². The molecule has 0 radical (unpaired) electrons. The minimum absolute atomic E-state index is 0.0318. The van der Waals surface area contributed by atoms with E-state index in [1.807, 2.05) is 0 Å². The summed E-state index contributed by atoms with van der Waals surface area (Å²) in [5, 5.41) is 2.46. The number of piperazine rings is 1. The van der Waals surface area contributed by atoms with Crippen LogP contribution in [0.5, 0.6) is 6.01 Å². The Kier molecular flexibility index (Phi) is 8.48. The number of amides is 1. The number of nitrogens with zero attached hydrogens (tertiary/aromatic N) is 7. The van der Waals surface area contributed by atoms with Crippen LogP contribution >= 0.6 is 0 Å². The summed E-state index contributed by atoms with van der Waals surface area (Å²) in [6, 6.07) is 15.5. The van der Waals surface area contributed by atoms with Gasteiger partial charge < -0.3 is 29.2 Å². The molecule has 1 aromatic heterocycles. The summed E-state index contributed by atoms with van der Waals surface area (Å²) in [4.78, 5) is 35.1. The molecule has 3 aromatic rings. The highest BCUT2D eigenvalue weighted by Gasteiger charge is 2.36. The Bertz CT molecular complexity index is 1530. The molecule has 0 spiro atoms. The molecule has 1 unspecified atom stereocenters. The van der Waals surface area contributed by atoms with Crippen LogP contribution in [0, 0.1) is 6.57 Å². The molecule has 9 nitrogen and oxygen atoms in total. The molecule has 2 aromatic carbocycles. The standard InChI is InChI=1S/C34H41N7O2/c1-5-32(42)41-20-19-40(22-25(41)21-35-2)33-27-17-18-39(29-15-10-12-24-11-6-7-13-26(24)29)23-28(27)36-34(37-33)43-31-16-9-8-14-30(31)38(3)4/h5-7,10-13,15,25,30-31H,1,8-9,14,16-23H2,3-4H3/t25?,30-,31-/m0/s1. The summed E-state index contributed by atoms with van der Waals surface area (Å²) in [5.41, 5.74) is 3.34. The lowest BCUT2D eigenvalue weighted by molar-refractivity contribution is -0.128. The zero-order valence-electron chi connectivity index (χ0n) is 25.3. The molecule has 3 aliphatic rings. The van der Waals surface area contributed by atoms with Gasteiger partial charge in [0, 0.05) is 48.9 Å². The van der Waals surface area contributed by atoms with E-state index in [9.17, 15) is 4.79 Å². The average Bonchev–Trinajstić information content (AvgIpc) is 3.03. The molecule has 0 bridgehead atoms. The summed E-state index contributed by atoms with van der Waals surface area (Å²) in [7, 11) is 4.24. The fraction of sp³-hybridized carbons (Fsp3) is 0.471. The molecular formula is C34H41N7O2. The van der Waals surface area contributed by atoms with Crippen molar-refractivity contribution in [1.29, 1.82) is 0 Å². The number of ether oxygens (including phenoxy) is 1. The second-order valence-electron chi connectivity index (χ2n) is 12.1. The number of hydrogen-bond acceptors (Lipinski definition) is 7. The maximum atomic E-state index is 12.6. The number of benzene rings is 2. The smallest absolute Gasteiger partial charge is 0.319 e. The fourth-order valence-electron chi connectivity index (χ4n) is 7.05. The van der Waals surface area contributed by atoms with Gasteiger partial charge in [-0.15, -0.1) is 0 Å². The summed E-state index contributed by atoms with van der Waals surface area (Å²) < 4.78 is 6.65. The third-order valence-corrected chi connectivity index (χ3v) is 9.26. The van der Waals surface area contributed by atoms with E-state index in [2.05, 4.69) is 82.7 Å². The van der Waals surface area contributed by atoms with Crippen molar-refractivity contribution in [1.82, 2.24) is 19.8 Å². The highest BCUT2D eigenvalue weighted by molar-refractivity contribution is 5.94. The quantitative estimate of drug-likeness (QED) is 0.300. The van der Waals surface area contributed by atoms with Gasteiger partial charge in [-0.05, 0) is 57.3 Å². The first-order valence-electron chi connectivity index (χ1n) is 15.4. The molecule has 3 atom stereocenters. The van der Waals surface area contributed by atoms with Crippen LogP contribution in [-0.4, -0.2) is 90.7 Å². The van der Waals surface area contributed by atoms with E-state index in [1.54, 1.807) is 4.90 Å². The Hall–Kier alpha value is -4.16. The Morgan fingerprint density at radius 2 is 1.91 bits per heavy atom. The number of aromatic nitrogens is 2. The van der Waals surface area contributed by atoms with Crippen molar-refractivity contribution in [3.63, 3.8) is 0 Å². The Labute approximate surface area is 254 Å². The number of anilines is 2. The van der Waals surface area contributed by atoms with E-state index in [4.69, 9.17) is 21.3 Å². The highest BCUT2D eigenvalue weighted by Crippen LogP contribution is 2.35. The van der Waals surface area contributed by atoms with Gasteiger partial charge in [0.15, 0.2) is 0 Å². The molecule has 6 rings (SSSR count). The zero-order chi connectivity index (χ0) is 29.9. The van der Waals surface area contributed by atoms with Gasteiger partial charge in [-0.2, -0.15) is 9.97 Å². The maximum absolute atomic E-state index is 12.6. The lowest BCUT2D eigenvalue weighted by Gasteiger charge is -2.41. The Balaban J connectivity index is 1.36. The lowest BCUT2D eigenvalue weighted by atomic mass is 9.92. The van der Waals surface area contributed by atoms with Gasteiger partial charge >= 0.3 is 6.01 Å². The lowest BCUT2D eigenvalue weighted by Crippen LogP contribution is -2.56. The fourth-order valence-corrected chi connectivity index (χ4v) is 7.05. The number of carbonyl (C=O) groups is 1. The number of rotatable bonds is 7.